The van der Waals surface area contributed by atoms with Gasteiger partial charge >= 0.3 is 0 Å². The zero-order valence-corrected chi connectivity index (χ0v) is 14.2. The summed E-state index contributed by atoms with van der Waals surface area (Å²) in [6.07, 6.45) is 0.337. The maximum atomic E-state index is 12.1. The lowest BCUT2D eigenvalue weighted by atomic mass is 10.1. The van der Waals surface area contributed by atoms with Crippen LogP contribution in [0.4, 0.5) is 5.69 Å². The molecule has 0 radical (unpaired) electrons. The summed E-state index contributed by atoms with van der Waals surface area (Å²) in [5.74, 6) is 0.934. The standard InChI is InChI=1S/C17H19NO4S/c1-11-9-14(21-2)15(22-3)10-12(11)18-17(20)7-6-13(19)16-5-4-8-23-16/h4-5,8-10H,6-7H2,1-3H3,(H,18,20). The van der Waals surface area contributed by atoms with E-state index in [1.807, 2.05) is 18.4 Å². The van der Waals surface area contributed by atoms with E-state index in [4.69, 9.17) is 9.47 Å². The first kappa shape index (κ1) is 17.0. The fourth-order valence-electron chi connectivity index (χ4n) is 2.12. The van der Waals surface area contributed by atoms with Gasteiger partial charge in [0.25, 0.3) is 0 Å². The van der Waals surface area contributed by atoms with Crippen LogP contribution in [0.3, 0.4) is 0 Å². The van der Waals surface area contributed by atoms with Gasteiger partial charge in [0, 0.05) is 24.6 Å². The Morgan fingerprint density at radius 3 is 2.43 bits per heavy atom. The van der Waals surface area contributed by atoms with Gasteiger partial charge in [0.2, 0.25) is 5.91 Å². The lowest BCUT2D eigenvalue weighted by Gasteiger charge is -2.13. The summed E-state index contributed by atoms with van der Waals surface area (Å²) >= 11 is 1.39. The van der Waals surface area contributed by atoms with Gasteiger partial charge in [-0.2, -0.15) is 0 Å². The van der Waals surface area contributed by atoms with Crippen molar-refractivity contribution in [3.05, 3.63) is 40.1 Å². The third kappa shape index (κ3) is 4.32. The molecule has 2 aromatic rings. The van der Waals surface area contributed by atoms with E-state index in [-0.39, 0.29) is 24.5 Å². The molecular weight excluding hydrogens is 314 g/mol. The average Bonchev–Trinajstić information content (AvgIpc) is 3.08. The molecule has 0 fully saturated rings. The molecule has 122 valence electrons. The SMILES string of the molecule is COc1cc(C)c(NC(=O)CCC(=O)c2cccs2)cc1OC. The van der Waals surface area contributed by atoms with E-state index >= 15 is 0 Å². The molecule has 0 aliphatic rings. The van der Waals surface area contributed by atoms with Gasteiger partial charge in [0.05, 0.1) is 19.1 Å². The van der Waals surface area contributed by atoms with Gasteiger partial charge in [0.1, 0.15) is 0 Å². The Balaban J connectivity index is 1.98. The molecule has 0 aliphatic heterocycles. The summed E-state index contributed by atoms with van der Waals surface area (Å²) in [6, 6.07) is 7.10. The Bertz CT molecular complexity index is 695. The number of rotatable bonds is 7. The lowest BCUT2D eigenvalue weighted by molar-refractivity contribution is -0.116. The van der Waals surface area contributed by atoms with Gasteiger partial charge in [-0.3, -0.25) is 9.59 Å². The first-order valence-electron chi connectivity index (χ1n) is 7.14. The van der Waals surface area contributed by atoms with Crippen LogP contribution in [-0.2, 0) is 4.79 Å². The highest BCUT2D eigenvalue weighted by Gasteiger charge is 2.13. The Hall–Kier alpha value is -2.34. The summed E-state index contributed by atoms with van der Waals surface area (Å²) in [5.41, 5.74) is 1.51. The van der Waals surface area contributed by atoms with Crippen LogP contribution < -0.4 is 14.8 Å². The van der Waals surface area contributed by atoms with Crippen LogP contribution in [0.25, 0.3) is 0 Å². The van der Waals surface area contributed by atoms with E-state index in [2.05, 4.69) is 5.32 Å². The minimum atomic E-state index is -0.203. The monoisotopic (exact) mass is 333 g/mol. The predicted molar refractivity (Wildman–Crippen MR) is 90.8 cm³/mol. The molecule has 0 bridgehead atoms. The Kier molecular flexibility index (Phi) is 5.76. The van der Waals surface area contributed by atoms with Crippen LogP contribution in [0, 0.1) is 6.92 Å². The van der Waals surface area contributed by atoms with Gasteiger partial charge in [-0.25, -0.2) is 0 Å². The number of methoxy groups -OCH3 is 2. The normalized spacial score (nSPS) is 10.2. The quantitative estimate of drug-likeness (QED) is 0.785. The molecule has 1 aromatic carbocycles. The second-order valence-corrected chi connectivity index (χ2v) is 5.92. The minimum absolute atomic E-state index is 0.0146. The molecule has 5 nitrogen and oxygen atoms in total. The number of ether oxygens (including phenoxy) is 2. The molecule has 0 atom stereocenters. The largest absolute Gasteiger partial charge is 0.493 e. The highest BCUT2D eigenvalue weighted by atomic mass is 32.1. The summed E-state index contributed by atoms with van der Waals surface area (Å²) in [5, 5.41) is 4.66. The molecule has 23 heavy (non-hydrogen) atoms. The maximum Gasteiger partial charge on any atom is 0.224 e. The van der Waals surface area contributed by atoms with Crippen molar-refractivity contribution in [3.8, 4) is 11.5 Å². The Morgan fingerprint density at radius 2 is 1.83 bits per heavy atom. The molecule has 1 aromatic heterocycles. The minimum Gasteiger partial charge on any atom is -0.493 e. The first-order chi connectivity index (χ1) is 11.0. The third-order valence-electron chi connectivity index (χ3n) is 3.38. The van der Waals surface area contributed by atoms with Crippen molar-refractivity contribution in [2.24, 2.45) is 0 Å². The number of Topliss-reactive ketones (excluding diaryl/α,β-unsaturated/α-hetero) is 1. The van der Waals surface area contributed by atoms with Crippen molar-refractivity contribution in [1.29, 1.82) is 0 Å². The van der Waals surface area contributed by atoms with Crippen molar-refractivity contribution < 1.29 is 19.1 Å². The summed E-state index contributed by atoms with van der Waals surface area (Å²) in [6.45, 7) is 1.87. The van der Waals surface area contributed by atoms with Gasteiger partial charge in [-0.1, -0.05) is 6.07 Å². The molecule has 0 spiro atoms. The van der Waals surface area contributed by atoms with Gasteiger partial charge in [-0.15, -0.1) is 11.3 Å². The van der Waals surface area contributed by atoms with Crippen LogP contribution in [0.1, 0.15) is 28.1 Å². The zero-order valence-electron chi connectivity index (χ0n) is 13.3. The second kappa shape index (κ2) is 7.78. The molecule has 1 heterocycles. The molecule has 0 saturated heterocycles. The van der Waals surface area contributed by atoms with Crippen LogP contribution in [0.15, 0.2) is 29.6 Å². The van der Waals surface area contributed by atoms with Gasteiger partial charge in [-0.05, 0) is 30.0 Å². The van der Waals surface area contributed by atoms with Crippen molar-refractivity contribution in [3.63, 3.8) is 0 Å². The number of carbonyl (C=O) groups is 2. The molecule has 2 rings (SSSR count). The molecule has 1 N–H and O–H groups in total. The van der Waals surface area contributed by atoms with Gasteiger partial charge < -0.3 is 14.8 Å². The molecule has 1 amide bonds. The fourth-order valence-corrected chi connectivity index (χ4v) is 2.81. The van der Waals surface area contributed by atoms with Gasteiger partial charge in [0.15, 0.2) is 17.3 Å². The molecule has 6 heteroatoms. The van der Waals surface area contributed by atoms with Crippen LogP contribution in [0.5, 0.6) is 11.5 Å². The number of nitrogens with one attached hydrogen (secondary N) is 1. The highest BCUT2D eigenvalue weighted by Crippen LogP contribution is 2.32. The van der Waals surface area contributed by atoms with E-state index in [1.54, 1.807) is 32.4 Å². The molecular formula is C17H19NO4S. The number of anilines is 1. The fraction of sp³-hybridized carbons (Fsp3) is 0.294. The Labute approximate surface area is 139 Å². The third-order valence-corrected chi connectivity index (χ3v) is 4.29. The Morgan fingerprint density at radius 1 is 1.13 bits per heavy atom. The van der Waals surface area contributed by atoms with Crippen LogP contribution >= 0.6 is 11.3 Å². The summed E-state index contributed by atoms with van der Waals surface area (Å²) < 4.78 is 10.4. The predicted octanol–water partition coefficient (Wildman–Crippen LogP) is 3.68. The highest BCUT2D eigenvalue weighted by molar-refractivity contribution is 7.12. The zero-order chi connectivity index (χ0) is 16.8. The van der Waals surface area contributed by atoms with Crippen LogP contribution in [-0.4, -0.2) is 25.9 Å². The second-order valence-electron chi connectivity index (χ2n) is 4.97. The number of benzene rings is 1. The molecule has 0 saturated carbocycles. The van der Waals surface area contributed by atoms with Crippen molar-refractivity contribution >= 4 is 28.7 Å². The maximum absolute atomic E-state index is 12.1. The van der Waals surface area contributed by atoms with Crippen molar-refractivity contribution in [1.82, 2.24) is 0 Å². The van der Waals surface area contributed by atoms with Crippen LogP contribution in [0.2, 0.25) is 0 Å². The first-order valence-corrected chi connectivity index (χ1v) is 8.02. The van der Waals surface area contributed by atoms with E-state index in [0.717, 1.165) is 5.56 Å². The van der Waals surface area contributed by atoms with E-state index in [1.165, 1.54) is 11.3 Å². The topological polar surface area (TPSA) is 64.6 Å². The van der Waals surface area contributed by atoms with E-state index < -0.39 is 0 Å². The number of carbonyl (C=O) groups excluding carboxylic acids is 2. The average molecular weight is 333 g/mol. The molecule has 0 aliphatic carbocycles. The number of thiophene rings is 1. The smallest absolute Gasteiger partial charge is 0.224 e. The van der Waals surface area contributed by atoms with E-state index in [9.17, 15) is 9.59 Å². The van der Waals surface area contributed by atoms with Crippen molar-refractivity contribution in [2.45, 2.75) is 19.8 Å². The summed E-state index contributed by atoms with van der Waals surface area (Å²) in [7, 11) is 3.10. The van der Waals surface area contributed by atoms with Crippen molar-refractivity contribution in [2.75, 3.05) is 19.5 Å². The number of hydrogen-bond donors (Lipinski definition) is 1. The molecule has 0 unspecified atom stereocenters. The summed E-state index contributed by atoms with van der Waals surface area (Å²) in [4.78, 5) is 24.6. The lowest BCUT2D eigenvalue weighted by Crippen LogP contribution is -2.14. The van der Waals surface area contributed by atoms with E-state index in [0.29, 0.717) is 22.1 Å². The number of amides is 1. The number of aryl methyl sites for hydroxylation is 1. The number of hydrogen-bond acceptors (Lipinski definition) is 5. The number of ketones is 1.